The third-order valence-corrected chi connectivity index (χ3v) is 5.41. The van der Waals surface area contributed by atoms with Crippen LogP contribution in [-0.2, 0) is 17.8 Å². The number of guanidine groups is 1. The Morgan fingerprint density at radius 1 is 1.03 bits per heavy atom. The quantitative estimate of drug-likeness (QED) is 0.0531. The first kappa shape index (κ1) is 26.8. The molecule has 3 rings (SSSR count). The van der Waals surface area contributed by atoms with E-state index < -0.39 is 11.9 Å². The Balaban J connectivity index is 1.50. The number of hydrogen-bond donors (Lipinski definition) is 5. The van der Waals surface area contributed by atoms with E-state index in [1.54, 1.807) is 36.4 Å². The van der Waals surface area contributed by atoms with E-state index in [1.807, 2.05) is 0 Å². The predicted octanol–water partition coefficient (Wildman–Crippen LogP) is 4.18. The summed E-state index contributed by atoms with van der Waals surface area (Å²) in [4.78, 5) is 35.7. The van der Waals surface area contributed by atoms with Gasteiger partial charge in [0.15, 0.2) is 0 Å². The van der Waals surface area contributed by atoms with Gasteiger partial charge < -0.3 is 26.3 Å². The van der Waals surface area contributed by atoms with Crippen LogP contribution in [0.2, 0.25) is 5.02 Å². The van der Waals surface area contributed by atoms with Crippen LogP contribution >= 0.6 is 11.6 Å². The summed E-state index contributed by atoms with van der Waals surface area (Å²) in [6.07, 6.45) is 0.531. The van der Waals surface area contributed by atoms with E-state index in [-0.39, 0.29) is 41.7 Å². The molecule has 37 heavy (non-hydrogen) atoms. The van der Waals surface area contributed by atoms with E-state index in [0.717, 1.165) is 0 Å². The van der Waals surface area contributed by atoms with Crippen molar-refractivity contribution in [3.8, 4) is 5.75 Å². The number of nitrogens with one attached hydrogen (secondary N) is 3. The van der Waals surface area contributed by atoms with Gasteiger partial charge in [-0.15, -0.1) is 0 Å². The smallest absolute Gasteiger partial charge is 0.343 e. The Kier molecular flexibility index (Phi) is 9.28. The zero-order valence-corrected chi connectivity index (χ0v) is 20.2. The van der Waals surface area contributed by atoms with Crippen molar-refractivity contribution in [1.82, 2.24) is 5.32 Å². The van der Waals surface area contributed by atoms with Crippen molar-refractivity contribution >= 4 is 41.1 Å². The fourth-order valence-electron chi connectivity index (χ4n) is 3.22. The first-order valence-corrected chi connectivity index (χ1v) is 11.3. The van der Waals surface area contributed by atoms with Gasteiger partial charge in [0.05, 0.1) is 11.1 Å². The first-order chi connectivity index (χ1) is 17.7. The molecule has 0 spiro atoms. The fourth-order valence-corrected chi connectivity index (χ4v) is 3.49. The molecule has 0 aliphatic rings. The van der Waals surface area contributed by atoms with Gasteiger partial charge in [0, 0.05) is 23.7 Å². The van der Waals surface area contributed by atoms with Crippen LogP contribution in [0.1, 0.15) is 38.3 Å². The molecule has 0 saturated carbocycles. The summed E-state index contributed by atoms with van der Waals surface area (Å²) in [6.45, 7) is 0.209. The normalized spacial score (nSPS) is 10.6. The van der Waals surface area contributed by atoms with E-state index in [2.05, 4.69) is 21.0 Å². The van der Waals surface area contributed by atoms with Crippen molar-refractivity contribution in [3.05, 3.63) is 94.0 Å². The highest BCUT2D eigenvalue weighted by atomic mass is 35.5. The van der Waals surface area contributed by atoms with Crippen LogP contribution in [0.4, 0.5) is 5.69 Å². The Morgan fingerprint density at radius 3 is 2.46 bits per heavy atom. The lowest BCUT2D eigenvalue weighted by Gasteiger charge is -2.10. The first-order valence-electron chi connectivity index (χ1n) is 10.9. The molecule has 0 heterocycles. The standard InChI is InChI=1S/C25H23ClN6O5/c26-21-13-20(37-24(36)17-4-8-19(9-5-17)30-25(27)31-32-28)10-6-16(21)7-11-22(33)29-14-15-2-1-3-18(12-15)23(34)35/h1-6,8-10,12-13H,7,11,14H2,(H,29,33)(H,34,35)(H4,27,28,30,31). The molecule has 6 N–H and O–H groups in total. The lowest BCUT2D eigenvalue weighted by atomic mass is 10.1. The number of carboxylic acid groups (broad SMARTS) is 1. The molecule has 0 aromatic heterocycles. The summed E-state index contributed by atoms with van der Waals surface area (Å²) in [7, 11) is 0. The number of hydrogen-bond acceptors (Lipinski definition) is 6. The molecule has 3 aromatic carbocycles. The SMILES string of the molecule is N=C(N=NN)Nc1ccc(C(=O)Oc2ccc(CCC(=O)NCc3cccc(C(=O)O)c3)c(Cl)c2)cc1. The van der Waals surface area contributed by atoms with Crippen LogP contribution in [0.15, 0.2) is 77.1 Å². The van der Waals surface area contributed by atoms with E-state index in [4.69, 9.17) is 32.7 Å². The van der Waals surface area contributed by atoms with Crippen molar-refractivity contribution in [3.63, 3.8) is 0 Å². The molecule has 190 valence electrons. The molecule has 11 nitrogen and oxygen atoms in total. The summed E-state index contributed by atoms with van der Waals surface area (Å²) < 4.78 is 5.38. The Hall–Kier alpha value is -4.77. The predicted molar refractivity (Wildman–Crippen MR) is 137 cm³/mol. The van der Waals surface area contributed by atoms with Gasteiger partial charge in [0.25, 0.3) is 0 Å². The van der Waals surface area contributed by atoms with Crippen LogP contribution in [0.5, 0.6) is 5.75 Å². The highest BCUT2D eigenvalue weighted by molar-refractivity contribution is 6.31. The van der Waals surface area contributed by atoms with Crippen molar-refractivity contribution in [1.29, 1.82) is 5.41 Å². The van der Waals surface area contributed by atoms with E-state index in [1.165, 1.54) is 30.3 Å². The molecule has 12 heteroatoms. The Labute approximate surface area is 216 Å². The second kappa shape index (κ2) is 12.8. The lowest BCUT2D eigenvalue weighted by molar-refractivity contribution is -0.121. The number of nitrogens with zero attached hydrogens (tertiary/aromatic N) is 2. The van der Waals surface area contributed by atoms with Gasteiger partial charge >= 0.3 is 11.9 Å². The third kappa shape index (κ3) is 8.15. The molecule has 0 bridgehead atoms. The Morgan fingerprint density at radius 2 is 1.78 bits per heavy atom. The number of amides is 1. The maximum atomic E-state index is 12.4. The maximum Gasteiger partial charge on any atom is 0.343 e. The monoisotopic (exact) mass is 522 g/mol. The number of aromatic carboxylic acids is 1. The molecular formula is C25H23ClN6O5. The average molecular weight is 523 g/mol. The number of carbonyl (C=O) groups excluding carboxylic acids is 2. The Bertz CT molecular complexity index is 1340. The number of anilines is 1. The summed E-state index contributed by atoms with van der Waals surface area (Å²) in [6, 6.07) is 17.3. The second-order valence-corrected chi connectivity index (χ2v) is 8.10. The number of rotatable bonds is 9. The summed E-state index contributed by atoms with van der Waals surface area (Å²) in [5.74, 6) is 3.03. The lowest BCUT2D eigenvalue weighted by Crippen LogP contribution is -2.23. The molecule has 1 amide bonds. The molecule has 0 saturated heterocycles. The summed E-state index contributed by atoms with van der Waals surface area (Å²) in [5.41, 5.74) is 2.33. The van der Waals surface area contributed by atoms with Crippen LogP contribution in [0.3, 0.4) is 0 Å². The van der Waals surface area contributed by atoms with Gasteiger partial charge in [-0.25, -0.2) is 9.59 Å². The molecule has 3 aromatic rings. The third-order valence-electron chi connectivity index (χ3n) is 5.06. The van der Waals surface area contributed by atoms with Crippen molar-refractivity contribution in [2.45, 2.75) is 19.4 Å². The van der Waals surface area contributed by atoms with Crippen molar-refractivity contribution in [2.75, 3.05) is 5.32 Å². The highest BCUT2D eigenvalue weighted by Gasteiger charge is 2.12. The zero-order valence-electron chi connectivity index (χ0n) is 19.4. The van der Waals surface area contributed by atoms with Crippen LogP contribution in [-0.4, -0.2) is 28.9 Å². The number of nitrogens with two attached hydrogens (primary N) is 1. The van der Waals surface area contributed by atoms with Crippen molar-refractivity contribution in [2.24, 2.45) is 16.2 Å². The number of esters is 1. The number of halogens is 1. The van der Waals surface area contributed by atoms with Gasteiger partial charge in [0.2, 0.25) is 11.9 Å². The summed E-state index contributed by atoms with van der Waals surface area (Å²) in [5, 5.41) is 28.6. The minimum Gasteiger partial charge on any atom is -0.478 e. The topological polar surface area (TPSA) is 179 Å². The molecule has 0 aliphatic heterocycles. The maximum absolute atomic E-state index is 12.4. The minimum atomic E-state index is -1.03. The number of ether oxygens (including phenoxy) is 1. The van der Waals surface area contributed by atoms with Gasteiger partial charge in [-0.3, -0.25) is 10.2 Å². The van der Waals surface area contributed by atoms with Crippen LogP contribution < -0.4 is 21.2 Å². The highest BCUT2D eigenvalue weighted by Crippen LogP contribution is 2.24. The molecule has 0 atom stereocenters. The number of carboxylic acids is 1. The fraction of sp³-hybridized carbons (Fsp3) is 0.120. The number of carbonyl (C=O) groups is 3. The van der Waals surface area contributed by atoms with E-state index >= 15 is 0 Å². The summed E-state index contributed by atoms with van der Waals surface area (Å²) >= 11 is 6.32. The number of aryl methyl sites for hydroxylation is 1. The molecular weight excluding hydrogens is 500 g/mol. The minimum absolute atomic E-state index is 0.154. The van der Waals surface area contributed by atoms with Gasteiger partial charge in [-0.2, -0.15) is 0 Å². The van der Waals surface area contributed by atoms with Gasteiger partial charge in [-0.05, 0) is 66.1 Å². The van der Waals surface area contributed by atoms with Crippen LogP contribution in [0.25, 0.3) is 0 Å². The van der Waals surface area contributed by atoms with Gasteiger partial charge in [-0.1, -0.05) is 40.1 Å². The molecule has 0 unspecified atom stereocenters. The number of benzene rings is 3. The van der Waals surface area contributed by atoms with Crippen LogP contribution in [0, 0.1) is 5.41 Å². The molecule has 0 radical (unpaired) electrons. The second-order valence-electron chi connectivity index (χ2n) is 7.69. The molecule has 0 aliphatic carbocycles. The van der Waals surface area contributed by atoms with Crippen molar-refractivity contribution < 1.29 is 24.2 Å². The zero-order chi connectivity index (χ0) is 26.8. The average Bonchev–Trinajstić information content (AvgIpc) is 2.87. The largest absolute Gasteiger partial charge is 0.478 e. The van der Waals surface area contributed by atoms with Gasteiger partial charge in [0.1, 0.15) is 5.75 Å². The van der Waals surface area contributed by atoms with E-state index in [0.29, 0.717) is 28.3 Å². The van der Waals surface area contributed by atoms with E-state index in [9.17, 15) is 14.4 Å². The molecule has 0 fully saturated rings.